The monoisotopic (exact) mass is 627 g/mol. The number of hydrogen-bond acceptors (Lipinski definition) is 7. The number of anilines is 1. The number of sulfonamides is 1. The van der Waals surface area contributed by atoms with Gasteiger partial charge in [-0.1, -0.05) is 40.9 Å². The predicted octanol–water partition coefficient (Wildman–Crippen LogP) is 5.81. The summed E-state index contributed by atoms with van der Waals surface area (Å²) in [6.07, 6.45) is -0.590. The largest absolute Gasteiger partial charge is 0.453 e. The Morgan fingerprint density at radius 3 is 2.45 bits per heavy atom. The van der Waals surface area contributed by atoms with Crippen molar-refractivity contribution < 1.29 is 31.9 Å². The van der Waals surface area contributed by atoms with E-state index >= 15 is 4.39 Å². The molecule has 0 saturated carbocycles. The first-order chi connectivity index (χ1) is 18.9. The topological polar surface area (TPSA) is 126 Å². The molecule has 210 valence electrons. The van der Waals surface area contributed by atoms with Crippen LogP contribution in [0, 0.1) is 17.1 Å². The third kappa shape index (κ3) is 7.41. The summed E-state index contributed by atoms with van der Waals surface area (Å²) >= 11 is 18.3. The van der Waals surface area contributed by atoms with Gasteiger partial charge in [0.1, 0.15) is 5.75 Å². The van der Waals surface area contributed by atoms with Crippen molar-refractivity contribution in [3.63, 3.8) is 0 Å². The van der Waals surface area contributed by atoms with E-state index in [0.717, 1.165) is 13.1 Å². The van der Waals surface area contributed by atoms with Crippen molar-refractivity contribution in [3.8, 4) is 17.6 Å². The second-order valence-electron chi connectivity index (χ2n) is 8.21. The van der Waals surface area contributed by atoms with E-state index in [9.17, 15) is 18.0 Å². The molecule has 0 aliphatic rings. The first kappa shape index (κ1) is 31.1. The maximum atomic E-state index is 15.3. The zero-order chi connectivity index (χ0) is 29.6. The number of halogens is 4. The maximum Gasteiger partial charge on any atom is 0.266 e. The fourth-order valence-electron chi connectivity index (χ4n) is 3.37. The van der Waals surface area contributed by atoms with Crippen LogP contribution in [0.4, 0.5) is 10.1 Å². The van der Waals surface area contributed by atoms with Gasteiger partial charge in [0.25, 0.3) is 10.0 Å². The van der Waals surface area contributed by atoms with Crippen molar-refractivity contribution in [2.45, 2.75) is 17.7 Å². The van der Waals surface area contributed by atoms with E-state index < -0.39 is 34.1 Å². The Morgan fingerprint density at radius 1 is 1.07 bits per heavy atom. The maximum absolute atomic E-state index is 15.3. The van der Waals surface area contributed by atoms with Crippen molar-refractivity contribution in [2.24, 2.45) is 0 Å². The molecule has 14 heteroatoms. The van der Waals surface area contributed by atoms with Crippen LogP contribution in [0.5, 0.6) is 11.5 Å². The van der Waals surface area contributed by atoms with Gasteiger partial charge >= 0.3 is 0 Å². The highest BCUT2D eigenvalue weighted by atomic mass is 35.5. The average Bonchev–Trinajstić information content (AvgIpc) is 2.91. The van der Waals surface area contributed by atoms with Crippen molar-refractivity contribution in [1.29, 1.82) is 5.26 Å². The van der Waals surface area contributed by atoms with Crippen LogP contribution < -0.4 is 10.1 Å². The highest BCUT2D eigenvalue weighted by Crippen LogP contribution is 2.35. The van der Waals surface area contributed by atoms with Gasteiger partial charge in [-0.3, -0.25) is 9.59 Å². The molecule has 0 aliphatic carbocycles. The average molecular weight is 629 g/mol. The zero-order valence-electron chi connectivity index (χ0n) is 21.0. The molecule has 3 aromatic rings. The van der Waals surface area contributed by atoms with Crippen LogP contribution in [0.25, 0.3) is 0 Å². The van der Waals surface area contributed by atoms with Crippen molar-refractivity contribution in [3.05, 3.63) is 80.5 Å². The molecule has 1 N–H and O–H groups in total. The molecule has 40 heavy (non-hydrogen) atoms. The van der Waals surface area contributed by atoms with E-state index in [-0.39, 0.29) is 61.3 Å². The van der Waals surface area contributed by atoms with Crippen LogP contribution in [0.15, 0.2) is 53.4 Å². The molecule has 0 atom stereocenters. The number of methoxy groups -OCH3 is 1. The highest BCUT2D eigenvalue weighted by molar-refractivity contribution is 7.89. The van der Waals surface area contributed by atoms with Crippen molar-refractivity contribution >= 4 is 62.3 Å². The van der Waals surface area contributed by atoms with Crippen molar-refractivity contribution in [2.75, 3.05) is 26.1 Å². The number of nitrogens with one attached hydrogen (secondary N) is 1. The minimum atomic E-state index is -4.20. The van der Waals surface area contributed by atoms with E-state index in [4.69, 9.17) is 49.5 Å². The lowest BCUT2D eigenvalue weighted by Crippen LogP contribution is -2.33. The lowest BCUT2D eigenvalue weighted by atomic mass is 10.1. The molecule has 0 aromatic heterocycles. The molecule has 0 bridgehead atoms. The lowest BCUT2D eigenvalue weighted by Gasteiger charge is -2.18. The fourth-order valence-corrected chi connectivity index (χ4v) is 5.26. The Hall–Kier alpha value is -3.40. The van der Waals surface area contributed by atoms with Gasteiger partial charge in [0.15, 0.2) is 11.6 Å². The van der Waals surface area contributed by atoms with Gasteiger partial charge in [0.05, 0.1) is 51.7 Å². The first-order valence-corrected chi connectivity index (χ1v) is 13.9. The minimum Gasteiger partial charge on any atom is -0.453 e. The number of hydrogen-bond donors (Lipinski definition) is 1. The van der Waals surface area contributed by atoms with Gasteiger partial charge in [0.2, 0.25) is 11.8 Å². The summed E-state index contributed by atoms with van der Waals surface area (Å²) in [4.78, 5) is 24.6. The molecule has 3 rings (SSSR count). The molecule has 0 fully saturated rings. The van der Waals surface area contributed by atoms with Crippen LogP contribution in [0.1, 0.15) is 17.5 Å². The molecule has 0 saturated heterocycles. The summed E-state index contributed by atoms with van der Waals surface area (Å²) in [6.45, 7) is 0.0506. The normalized spacial score (nSPS) is 11.0. The molecular weight excluding hydrogens is 608 g/mol. The molecular formula is C26H21Cl3FN3O6S. The molecule has 0 aliphatic heterocycles. The summed E-state index contributed by atoms with van der Waals surface area (Å²) in [5, 5.41) is 11.6. The SMILES string of the molecule is COCCC(=O)N(C)S(=O)(=O)c1ccc(NC(=O)Cc2ccc(Cl)c(Oc3cc(Cl)cc(C#N)c3)c2F)c(Cl)c1. The number of amides is 2. The molecule has 0 unspecified atom stereocenters. The van der Waals surface area contributed by atoms with Crippen LogP contribution in [-0.2, 0) is 30.8 Å². The summed E-state index contributed by atoms with van der Waals surface area (Å²) in [5.74, 6) is -2.56. The molecule has 0 heterocycles. The van der Waals surface area contributed by atoms with E-state index in [1.165, 1.54) is 49.6 Å². The van der Waals surface area contributed by atoms with Crippen LogP contribution >= 0.6 is 34.8 Å². The summed E-state index contributed by atoms with van der Waals surface area (Å²) < 4.78 is 51.7. The van der Waals surface area contributed by atoms with Gasteiger partial charge in [-0.05, 0) is 42.5 Å². The second-order valence-corrected chi connectivity index (χ2v) is 11.4. The first-order valence-electron chi connectivity index (χ1n) is 11.3. The number of rotatable bonds is 10. The Kier molecular flexibility index (Phi) is 10.4. The third-order valence-electron chi connectivity index (χ3n) is 5.44. The predicted molar refractivity (Wildman–Crippen MR) is 148 cm³/mol. The van der Waals surface area contributed by atoms with Gasteiger partial charge in [-0.2, -0.15) is 5.26 Å². The van der Waals surface area contributed by atoms with E-state index in [1.54, 1.807) is 0 Å². The lowest BCUT2D eigenvalue weighted by molar-refractivity contribution is -0.126. The molecule has 9 nitrogen and oxygen atoms in total. The fraction of sp³-hybridized carbons (Fsp3) is 0.192. The Bertz CT molecular complexity index is 1610. The van der Waals surface area contributed by atoms with Gasteiger partial charge in [0, 0.05) is 24.7 Å². The van der Waals surface area contributed by atoms with Gasteiger partial charge in [-0.25, -0.2) is 17.1 Å². The number of benzene rings is 3. The smallest absolute Gasteiger partial charge is 0.266 e. The Morgan fingerprint density at radius 2 is 1.80 bits per heavy atom. The number of nitriles is 1. The number of carbonyl (C=O) groups excluding carboxylic acids is 2. The Balaban J connectivity index is 1.77. The van der Waals surface area contributed by atoms with E-state index in [1.807, 2.05) is 6.07 Å². The molecule has 2 amide bonds. The standard InChI is InChI=1S/C26H21Cl3FN3O6S/c1-33(24(35)7-8-38-2)40(36,37)19-4-6-22(21(29)13-19)32-23(34)11-16-3-5-20(28)26(25(16)30)39-18-10-15(14-31)9-17(27)12-18/h3-6,9-10,12-13H,7-8,11H2,1-2H3,(H,32,34). The second kappa shape index (κ2) is 13.3. The van der Waals surface area contributed by atoms with Crippen LogP contribution in [0.3, 0.4) is 0 Å². The molecule has 0 radical (unpaired) electrons. The van der Waals surface area contributed by atoms with Gasteiger partial charge in [-0.15, -0.1) is 0 Å². The third-order valence-corrected chi connectivity index (χ3v) is 8.05. The van der Waals surface area contributed by atoms with Gasteiger partial charge < -0.3 is 14.8 Å². The summed E-state index contributed by atoms with van der Waals surface area (Å²) in [7, 11) is -1.70. The Labute approximate surface area is 245 Å². The highest BCUT2D eigenvalue weighted by Gasteiger charge is 2.26. The van der Waals surface area contributed by atoms with Crippen LogP contribution in [-0.4, -0.2) is 45.3 Å². The zero-order valence-corrected chi connectivity index (χ0v) is 24.1. The quantitative estimate of drug-likeness (QED) is 0.300. The number of ether oxygens (including phenoxy) is 2. The molecule has 0 spiro atoms. The van der Waals surface area contributed by atoms with Crippen LogP contribution in [0.2, 0.25) is 15.1 Å². The van der Waals surface area contributed by atoms with E-state index in [2.05, 4.69) is 5.32 Å². The van der Waals surface area contributed by atoms with E-state index in [0.29, 0.717) is 4.31 Å². The summed E-state index contributed by atoms with van der Waals surface area (Å²) in [5.41, 5.74) is 0.188. The number of nitrogens with zero attached hydrogens (tertiary/aromatic N) is 2. The number of carbonyl (C=O) groups is 2. The molecule has 3 aromatic carbocycles. The van der Waals surface area contributed by atoms with Crippen molar-refractivity contribution in [1.82, 2.24) is 4.31 Å². The minimum absolute atomic E-state index is 0.0506. The summed E-state index contributed by atoms with van der Waals surface area (Å²) in [6, 6.07) is 12.2.